The van der Waals surface area contributed by atoms with Gasteiger partial charge >= 0.3 is 0 Å². The maximum atomic E-state index is 12.8. The van der Waals surface area contributed by atoms with Crippen molar-refractivity contribution in [2.45, 2.75) is 13.0 Å². The van der Waals surface area contributed by atoms with Crippen LogP contribution in [0.2, 0.25) is 10.0 Å². The molecule has 0 bridgehead atoms. The Balaban J connectivity index is 1.52. The predicted octanol–water partition coefficient (Wildman–Crippen LogP) is 5.23. The average Bonchev–Trinajstić information content (AvgIpc) is 3.07. The summed E-state index contributed by atoms with van der Waals surface area (Å²) in [4.78, 5) is 32.3. The number of hydrogen-bond acceptors (Lipinski definition) is 13. The van der Waals surface area contributed by atoms with Gasteiger partial charge in [0.05, 0.1) is 68.5 Å². The molecule has 1 saturated heterocycles. The molecule has 46 heavy (non-hydrogen) atoms. The van der Waals surface area contributed by atoms with E-state index in [0.29, 0.717) is 82.5 Å². The van der Waals surface area contributed by atoms with Crippen LogP contribution in [-0.2, 0) is 4.74 Å². The summed E-state index contributed by atoms with van der Waals surface area (Å²) in [6.07, 6.45) is 3.01. The molecule has 1 fully saturated rings. The lowest BCUT2D eigenvalue weighted by atomic mass is 10.00. The fourth-order valence-electron chi connectivity index (χ4n) is 5.09. The summed E-state index contributed by atoms with van der Waals surface area (Å²) in [5.74, 6) is 1.92. The Morgan fingerprint density at radius 1 is 1.02 bits per heavy atom. The van der Waals surface area contributed by atoms with E-state index in [-0.39, 0.29) is 17.6 Å². The molecule has 6 N–H and O–H groups in total. The van der Waals surface area contributed by atoms with Gasteiger partial charge in [0.15, 0.2) is 5.75 Å². The smallest absolute Gasteiger partial charge is 0.250 e. The largest absolute Gasteiger partial charge is 0.495 e. The first kappa shape index (κ1) is 32.6. The molecule has 1 aliphatic rings. The van der Waals surface area contributed by atoms with Crippen LogP contribution in [0.15, 0.2) is 42.7 Å². The predicted molar refractivity (Wildman–Crippen MR) is 180 cm³/mol. The van der Waals surface area contributed by atoms with Crippen LogP contribution >= 0.6 is 23.2 Å². The Kier molecular flexibility index (Phi) is 10.3. The van der Waals surface area contributed by atoms with Gasteiger partial charge in [0, 0.05) is 20.1 Å². The molecule has 2 aromatic heterocycles. The van der Waals surface area contributed by atoms with E-state index in [9.17, 15) is 4.79 Å². The van der Waals surface area contributed by atoms with E-state index < -0.39 is 5.91 Å². The fraction of sp³-hybridized carbons (Fsp3) is 0.300. The van der Waals surface area contributed by atoms with E-state index in [4.69, 9.17) is 43.1 Å². The Labute approximate surface area is 276 Å². The van der Waals surface area contributed by atoms with Gasteiger partial charge in [-0.3, -0.25) is 4.79 Å². The summed E-state index contributed by atoms with van der Waals surface area (Å²) >= 11 is 12.4. The number of nitrogens with two attached hydrogens (primary N) is 1. The third kappa shape index (κ3) is 6.88. The third-order valence-corrected chi connectivity index (χ3v) is 7.74. The second kappa shape index (κ2) is 14.5. The lowest BCUT2D eigenvalue weighted by molar-refractivity contribution is 0.0928. The standard InChI is InChI=1S/C30H34Cl2N10O4/c1-5-35-28-19(32)14-37-29(41-28)38-20-8-6-16(12-23(20)44-3)22-15-46-11-10-42(22)24-17(26(33)43)7-9-21(25(24)45-4)39-30-36-13-18(31)27(34-2)40-30/h6-9,12-14,22H,5,10-11,15H2,1-4H3,(H2,33,43)(H2,34,36,39,40)(H2,35,37,38,41). The molecule has 0 aliphatic carbocycles. The first-order valence-corrected chi connectivity index (χ1v) is 15.1. The molecule has 3 heterocycles. The number of benzene rings is 2. The van der Waals surface area contributed by atoms with Gasteiger partial charge in [-0.1, -0.05) is 29.3 Å². The number of anilines is 7. The highest BCUT2D eigenvalue weighted by Crippen LogP contribution is 2.45. The van der Waals surface area contributed by atoms with E-state index in [1.165, 1.54) is 19.5 Å². The molecule has 1 amide bonds. The second-order valence-corrected chi connectivity index (χ2v) is 10.8. The van der Waals surface area contributed by atoms with Gasteiger partial charge in [-0.05, 0) is 36.8 Å². The SMILES string of the molecule is CCNc1nc(Nc2ccc(C3COCCN3c3c(C(N)=O)ccc(Nc4ncc(Cl)c(NC)n4)c3OC)cc2OC)ncc1Cl. The van der Waals surface area contributed by atoms with Crippen LogP contribution in [0.4, 0.5) is 40.6 Å². The second-order valence-electron chi connectivity index (χ2n) is 9.96. The lowest BCUT2D eigenvalue weighted by Crippen LogP contribution is -2.41. The number of carbonyl (C=O) groups is 1. The minimum absolute atomic E-state index is 0.276. The van der Waals surface area contributed by atoms with Crippen molar-refractivity contribution in [3.63, 3.8) is 0 Å². The molecule has 242 valence electrons. The van der Waals surface area contributed by atoms with Crippen LogP contribution in [0.3, 0.4) is 0 Å². The van der Waals surface area contributed by atoms with E-state index in [1.807, 2.05) is 30.0 Å². The highest BCUT2D eigenvalue weighted by atomic mass is 35.5. The number of primary amides is 1. The van der Waals surface area contributed by atoms with Gasteiger partial charge in [-0.2, -0.15) is 9.97 Å². The van der Waals surface area contributed by atoms with Gasteiger partial charge in [0.2, 0.25) is 11.9 Å². The molecule has 1 unspecified atom stereocenters. The number of halogens is 2. The highest BCUT2D eigenvalue weighted by Gasteiger charge is 2.32. The van der Waals surface area contributed by atoms with Crippen molar-refractivity contribution in [1.29, 1.82) is 0 Å². The van der Waals surface area contributed by atoms with Crippen LogP contribution < -0.4 is 41.4 Å². The van der Waals surface area contributed by atoms with Crippen LogP contribution in [0.1, 0.15) is 28.9 Å². The van der Waals surface area contributed by atoms with E-state index in [0.717, 1.165) is 5.56 Å². The quantitative estimate of drug-likeness (QED) is 0.133. The summed E-state index contributed by atoms with van der Waals surface area (Å²) in [5, 5.41) is 13.2. The molecule has 2 aromatic carbocycles. The maximum Gasteiger partial charge on any atom is 0.250 e. The maximum absolute atomic E-state index is 12.8. The summed E-state index contributed by atoms with van der Waals surface area (Å²) in [5.41, 5.74) is 8.70. The zero-order chi connectivity index (χ0) is 32.8. The van der Waals surface area contributed by atoms with Crippen molar-refractivity contribution in [1.82, 2.24) is 19.9 Å². The van der Waals surface area contributed by atoms with Crippen molar-refractivity contribution >= 4 is 69.7 Å². The first-order valence-electron chi connectivity index (χ1n) is 14.3. The normalized spacial score (nSPS) is 14.4. The Morgan fingerprint density at radius 2 is 1.70 bits per heavy atom. The van der Waals surface area contributed by atoms with Gasteiger partial charge in [0.1, 0.15) is 27.4 Å². The first-order chi connectivity index (χ1) is 22.3. The van der Waals surface area contributed by atoms with Crippen LogP contribution in [0, 0.1) is 0 Å². The number of rotatable bonds is 12. The number of hydrogen-bond donors (Lipinski definition) is 5. The topological polar surface area (TPSA) is 174 Å². The van der Waals surface area contributed by atoms with Crippen molar-refractivity contribution in [2.24, 2.45) is 5.73 Å². The fourth-order valence-corrected chi connectivity index (χ4v) is 5.43. The molecule has 1 aliphatic heterocycles. The summed E-state index contributed by atoms with van der Waals surface area (Å²) < 4.78 is 17.6. The molecular weight excluding hydrogens is 635 g/mol. The van der Waals surface area contributed by atoms with Crippen molar-refractivity contribution in [3.8, 4) is 11.5 Å². The van der Waals surface area contributed by atoms with Gasteiger partial charge in [0.25, 0.3) is 5.91 Å². The van der Waals surface area contributed by atoms with Crippen LogP contribution in [0.25, 0.3) is 0 Å². The number of ether oxygens (including phenoxy) is 3. The van der Waals surface area contributed by atoms with Crippen LogP contribution in [0.5, 0.6) is 11.5 Å². The molecule has 14 nitrogen and oxygen atoms in total. The van der Waals surface area contributed by atoms with E-state index in [1.54, 1.807) is 26.3 Å². The lowest BCUT2D eigenvalue weighted by Gasteiger charge is -2.39. The molecule has 0 radical (unpaired) electrons. The number of amides is 1. The van der Waals surface area contributed by atoms with Gasteiger partial charge < -0.3 is 46.1 Å². The van der Waals surface area contributed by atoms with Crippen molar-refractivity contribution < 1.29 is 19.0 Å². The molecule has 0 saturated carbocycles. The summed E-state index contributed by atoms with van der Waals surface area (Å²) in [6, 6.07) is 8.71. The Hall–Kier alpha value is -4.79. The number of nitrogens with one attached hydrogen (secondary N) is 4. The summed E-state index contributed by atoms with van der Waals surface area (Å²) in [6.45, 7) is 3.79. The number of nitrogens with zero attached hydrogens (tertiary/aromatic N) is 5. The number of methoxy groups -OCH3 is 2. The van der Waals surface area contributed by atoms with Crippen molar-refractivity contribution in [2.75, 3.05) is 73.7 Å². The van der Waals surface area contributed by atoms with E-state index in [2.05, 4.69) is 41.2 Å². The number of morpholine rings is 1. The van der Waals surface area contributed by atoms with Crippen LogP contribution in [-0.4, -0.2) is 73.4 Å². The molecule has 4 aromatic rings. The average molecular weight is 670 g/mol. The minimum atomic E-state index is -0.609. The monoisotopic (exact) mass is 668 g/mol. The van der Waals surface area contributed by atoms with Gasteiger partial charge in [-0.15, -0.1) is 0 Å². The van der Waals surface area contributed by atoms with Crippen molar-refractivity contribution in [3.05, 3.63) is 63.9 Å². The van der Waals surface area contributed by atoms with E-state index >= 15 is 0 Å². The zero-order valence-electron chi connectivity index (χ0n) is 25.6. The zero-order valence-corrected chi connectivity index (χ0v) is 27.2. The minimum Gasteiger partial charge on any atom is -0.495 e. The number of aromatic nitrogens is 4. The van der Waals surface area contributed by atoms with Gasteiger partial charge in [-0.25, -0.2) is 9.97 Å². The third-order valence-electron chi connectivity index (χ3n) is 7.19. The number of carbonyl (C=O) groups excluding carboxylic acids is 1. The molecular formula is C30H34Cl2N10O4. The Bertz CT molecular complexity index is 1730. The Morgan fingerprint density at radius 3 is 2.35 bits per heavy atom. The molecule has 0 spiro atoms. The highest BCUT2D eigenvalue weighted by molar-refractivity contribution is 6.33. The molecule has 1 atom stereocenters. The molecule has 5 rings (SSSR count). The summed E-state index contributed by atoms with van der Waals surface area (Å²) in [7, 11) is 4.81. The molecule has 16 heteroatoms.